The van der Waals surface area contributed by atoms with Crippen LogP contribution in [0.1, 0.15) is 54.4 Å². The maximum Gasteiger partial charge on any atom is 0.328 e. The molecular formula is C23H26N6O4. The number of aromatic nitrogens is 2. The van der Waals surface area contributed by atoms with Gasteiger partial charge in [-0.2, -0.15) is 5.26 Å². The lowest BCUT2D eigenvalue weighted by Crippen LogP contribution is -2.40. The number of hydrogen-bond acceptors (Lipinski definition) is 7. The molecule has 3 heterocycles. The highest BCUT2D eigenvalue weighted by atomic mass is 16.5. The van der Waals surface area contributed by atoms with E-state index in [1.807, 2.05) is 26.0 Å². The van der Waals surface area contributed by atoms with Crippen molar-refractivity contribution in [2.75, 3.05) is 23.8 Å². The van der Waals surface area contributed by atoms with Crippen LogP contribution >= 0.6 is 0 Å². The van der Waals surface area contributed by atoms with Gasteiger partial charge in [0.2, 0.25) is 5.91 Å². The first-order valence-electron chi connectivity index (χ1n) is 10.6. The standard InChI is InChI=1S/C23H26N6O4/c1-14(2)33-20-9-21(25-11-18(20)10-24)27-23(32)29-7-5-6-16-8-17(12-28(4)15(3)31)19(13-30)26-22(16)29/h8-9,11,13-14H,5-7,12H2,1-4H3,(H,25,27,32). The number of fused-ring (bicyclic) bond motifs is 1. The van der Waals surface area contributed by atoms with E-state index in [0.29, 0.717) is 42.8 Å². The molecule has 1 aliphatic rings. The van der Waals surface area contributed by atoms with E-state index in [1.165, 1.54) is 29.0 Å². The van der Waals surface area contributed by atoms with E-state index < -0.39 is 6.03 Å². The molecular weight excluding hydrogens is 424 g/mol. The number of carbonyl (C=O) groups excluding carboxylic acids is 3. The van der Waals surface area contributed by atoms with Crippen LogP contribution in [-0.2, 0) is 17.8 Å². The van der Waals surface area contributed by atoms with Crippen molar-refractivity contribution in [3.8, 4) is 11.8 Å². The number of aldehydes is 1. The molecule has 0 spiro atoms. The lowest BCUT2D eigenvalue weighted by molar-refractivity contribution is -0.128. The van der Waals surface area contributed by atoms with Crippen molar-refractivity contribution in [2.24, 2.45) is 0 Å². The SMILES string of the molecule is CC(=O)N(C)Cc1cc2c(nc1C=O)N(C(=O)Nc1cc(OC(C)C)c(C#N)cn1)CCC2. The molecule has 0 saturated heterocycles. The molecule has 10 nitrogen and oxygen atoms in total. The fourth-order valence-electron chi connectivity index (χ4n) is 3.47. The Morgan fingerprint density at radius 1 is 1.39 bits per heavy atom. The molecule has 0 aromatic carbocycles. The number of nitriles is 1. The summed E-state index contributed by atoms with van der Waals surface area (Å²) in [4.78, 5) is 47.9. The number of nitrogens with zero attached hydrogens (tertiary/aromatic N) is 5. The molecule has 0 unspecified atom stereocenters. The number of aryl methyl sites for hydroxylation is 1. The average molecular weight is 450 g/mol. The number of rotatable bonds is 6. The molecule has 2 aromatic heterocycles. The second-order valence-corrected chi connectivity index (χ2v) is 8.04. The van der Waals surface area contributed by atoms with Crippen molar-refractivity contribution in [3.63, 3.8) is 0 Å². The van der Waals surface area contributed by atoms with Crippen molar-refractivity contribution >= 4 is 29.9 Å². The minimum atomic E-state index is -0.457. The van der Waals surface area contributed by atoms with Gasteiger partial charge in [0.1, 0.15) is 34.7 Å². The number of ether oxygens (including phenoxy) is 1. The van der Waals surface area contributed by atoms with Crippen LogP contribution in [0.25, 0.3) is 0 Å². The van der Waals surface area contributed by atoms with E-state index in [2.05, 4.69) is 15.3 Å². The number of pyridine rings is 2. The number of nitrogens with one attached hydrogen (secondary N) is 1. The Kier molecular flexibility index (Phi) is 7.23. The Morgan fingerprint density at radius 2 is 2.15 bits per heavy atom. The van der Waals surface area contributed by atoms with Gasteiger partial charge in [0.15, 0.2) is 6.29 Å². The van der Waals surface area contributed by atoms with Gasteiger partial charge >= 0.3 is 6.03 Å². The molecule has 0 atom stereocenters. The van der Waals surface area contributed by atoms with Crippen LogP contribution in [0.3, 0.4) is 0 Å². The minimum Gasteiger partial charge on any atom is -0.489 e. The number of amides is 3. The normalized spacial score (nSPS) is 12.5. The van der Waals surface area contributed by atoms with Crippen LogP contribution in [0.15, 0.2) is 18.3 Å². The van der Waals surface area contributed by atoms with Crippen LogP contribution in [0.5, 0.6) is 5.75 Å². The molecule has 33 heavy (non-hydrogen) atoms. The molecule has 2 aromatic rings. The number of carbonyl (C=O) groups is 3. The first kappa shape index (κ1) is 23.7. The first-order valence-corrected chi connectivity index (χ1v) is 10.6. The molecule has 1 aliphatic heterocycles. The third kappa shape index (κ3) is 5.44. The number of hydrogen-bond donors (Lipinski definition) is 1. The fourth-order valence-corrected chi connectivity index (χ4v) is 3.47. The minimum absolute atomic E-state index is 0.124. The van der Waals surface area contributed by atoms with Gasteiger partial charge in [0.25, 0.3) is 0 Å². The number of anilines is 2. The van der Waals surface area contributed by atoms with Gasteiger partial charge in [0, 0.05) is 38.7 Å². The van der Waals surface area contributed by atoms with Gasteiger partial charge in [-0.15, -0.1) is 0 Å². The predicted octanol–water partition coefficient (Wildman–Crippen LogP) is 2.91. The number of urea groups is 1. The highest BCUT2D eigenvalue weighted by Gasteiger charge is 2.26. The maximum atomic E-state index is 13.1. The van der Waals surface area contributed by atoms with E-state index in [9.17, 15) is 19.6 Å². The summed E-state index contributed by atoms with van der Waals surface area (Å²) >= 11 is 0. The van der Waals surface area contributed by atoms with Crippen molar-refractivity contribution in [1.82, 2.24) is 14.9 Å². The summed E-state index contributed by atoms with van der Waals surface area (Å²) in [5, 5.41) is 12.0. The lowest BCUT2D eigenvalue weighted by atomic mass is 10.0. The largest absolute Gasteiger partial charge is 0.489 e. The quantitative estimate of drug-likeness (QED) is 0.670. The molecule has 0 radical (unpaired) electrons. The summed E-state index contributed by atoms with van der Waals surface area (Å²) in [7, 11) is 1.65. The lowest BCUT2D eigenvalue weighted by Gasteiger charge is -2.29. The summed E-state index contributed by atoms with van der Waals surface area (Å²) in [6, 6.07) is 4.90. The highest BCUT2D eigenvalue weighted by molar-refractivity contribution is 6.01. The van der Waals surface area contributed by atoms with E-state index in [4.69, 9.17) is 4.74 Å². The second kappa shape index (κ2) is 10.1. The van der Waals surface area contributed by atoms with Crippen molar-refractivity contribution < 1.29 is 19.1 Å². The topological polar surface area (TPSA) is 129 Å². The summed E-state index contributed by atoms with van der Waals surface area (Å²) < 4.78 is 5.65. The van der Waals surface area contributed by atoms with E-state index in [-0.39, 0.29) is 35.6 Å². The molecule has 0 bridgehead atoms. The Balaban J connectivity index is 1.87. The smallest absolute Gasteiger partial charge is 0.328 e. The van der Waals surface area contributed by atoms with Gasteiger partial charge in [-0.25, -0.2) is 14.8 Å². The highest BCUT2D eigenvalue weighted by Crippen LogP contribution is 2.29. The second-order valence-electron chi connectivity index (χ2n) is 8.04. The maximum absolute atomic E-state index is 13.1. The van der Waals surface area contributed by atoms with Gasteiger partial charge < -0.3 is 9.64 Å². The van der Waals surface area contributed by atoms with E-state index >= 15 is 0 Å². The zero-order valence-corrected chi connectivity index (χ0v) is 19.1. The Hall–Kier alpha value is -4.00. The molecule has 0 saturated carbocycles. The molecule has 0 aliphatic carbocycles. The van der Waals surface area contributed by atoms with Crippen molar-refractivity contribution in [1.29, 1.82) is 5.26 Å². The average Bonchev–Trinajstić information content (AvgIpc) is 2.77. The Bertz CT molecular complexity index is 1120. The third-order valence-corrected chi connectivity index (χ3v) is 5.16. The van der Waals surface area contributed by atoms with Crippen molar-refractivity contribution in [3.05, 3.63) is 40.7 Å². The van der Waals surface area contributed by atoms with E-state index in [1.54, 1.807) is 7.05 Å². The molecule has 3 amide bonds. The van der Waals surface area contributed by atoms with Crippen LogP contribution in [0.2, 0.25) is 0 Å². The van der Waals surface area contributed by atoms with Gasteiger partial charge in [-0.05, 0) is 38.3 Å². The van der Waals surface area contributed by atoms with Crippen LogP contribution in [-0.4, -0.2) is 52.8 Å². The van der Waals surface area contributed by atoms with Gasteiger partial charge in [-0.3, -0.25) is 19.8 Å². The molecule has 1 N–H and O–H groups in total. The summed E-state index contributed by atoms with van der Waals surface area (Å²) in [5.41, 5.74) is 1.91. The van der Waals surface area contributed by atoms with Crippen LogP contribution in [0, 0.1) is 11.3 Å². The van der Waals surface area contributed by atoms with Crippen molar-refractivity contribution in [2.45, 2.75) is 46.3 Å². The molecule has 0 fully saturated rings. The first-order chi connectivity index (χ1) is 15.7. The fraction of sp³-hybridized carbons (Fsp3) is 0.391. The van der Waals surface area contributed by atoms with Gasteiger partial charge in [-0.1, -0.05) is 0 Å². The van der Waals surface area contributed by atoms with E-state index in [0.717, 1.165) is 5.56 Å². The Labute approximate surface area is 192 Å². The van der Waals surface area contributed by atoms with Crippen LogP contribution in [0.4, 0.5) is 16.4 Å². The molecule has 3 rings (SSSR count). The van der Waals surface area contributed by atoms with Gasteiger partial charge in [0.05, 0.1) is 12.3 Å². The predicted molar refractivity (Wildman–Crippen MR) is 121 cm³/mol. The summed E-state index contributed by atoms with van der Waals surface area (Å²) in [6.07, 6.45) is 3.24. The zero-order valence-electron chi connectivity index (χ0n) is 19.1. The summed E-state index contributed by atoms with van der Waals surface area (Å²) in [5.74, 6) is 0.846. The molecule has 172 valence electrons. The zero-order chi connectivity index (χ0) is 24.1. The van der Waals surface area contributed by atoms with Crippen LogP contribution < -0.4 is 15.0 Å². The monoisotopic (exact) mass is 450 g/mol. The molecule has 10 heteroatoms. The summed E-state index contributed by atoms with van der Waals surface area (Å²) in [6.45, 7) is 5.80. The Morgan fingerprint density at radius 3 is 2.79 bits per heavy atom. The third-order valence-electron chi connectivity index (χ3n) is 5.16.